The highest BCUT2D eigenvalue weighted by atomic mass is 19.1. The maximum absolute atomic E-state index is 13.4. The van der Waals surface area contributed by atoms with Gasteiger partial charge in [-0.15, -0.1) is 0 Å². The number of ether oxygens (including phenoxy) is 1. The number of hydrogen-bond acceptors (Lipinski definition) is 4. The Morgan fingerprint density at radius 1 is 1.45 bits per heavy atom. The molecule has 0 unspecified atom stereocenters. The van der Waals surface area contributed by atoms with E-state index in [1.165, 1.54) is 23.1 Å². The van der Waals surface area contributed by atoms with Crippen LogP contribution in [0.2, 0.25) is 0 Å². The third kappa shape index (κ3) is 3.24. The minimum absolute atomic E-state index is 0.00612. The fraction of sp³-hybridized carbons (Fsp3) is 0.385. The first-order chi connectivity index (χ1) is 9.59. The van der Waals surface area contributed by atoms with Crippen LogP contribution in [0.4, 0.5) is 4.39 Å². The molecule has 0 bridgehead atoms. The van der Waals surface area contributed by atoms with Gasteiger partial charge in [0.15, 0.2) is 18.2 Å². The van der Waals surface area contributed by atoms with Crippen LogP contribution in [0.5, 0.6) is 5.75 Å². The van der Waals surface area contributed by atoms with Crippen LogP contribution in [0.3, 0.4) is 0 Å². The van der Waals surface area contributed by atoms with E-state index in [0.717, 1.165) is 0 Å². The lowest BCUT2D eigenvalue weighted by molar-refractivity contribution is -0.142. The molecule has 1 atom stereocenters. The first-order valence-corrected chi connectivity index (χ1v) is 6.26. The summed E-state index contributed by atoms with van der Waals surface area (Å²) in [7, 11) is 0. The van der Waals surface area contributed by atoms with Gasteiger partial charge in [-0.05, 0) is 12.1 Å². The van der Waals surface area contributed by atoms with Gasteiger partial charge in [0.1, 0.15) is 6.04 Å². The van der Waals surface area contributed by atoms with Gasteiger partial charge in [0.25, 0.3) is 5.91 Å². The van der Waals surface area contributed by atoms with E-state index in [2.05, 4.69) is 5.32 Å². The molecule has 1 aromatic rings. The van der Waals surface area contributed by atoms with E-state index in [-0.39, 0.29) is 12.4 Å². The third-order valence-electron chi connectivity index (χ3n) is 3.08. The maximum Gasteiger partial charge on any atom is 0.261 e. The second-order valence-electron chi connectivity index (χ2n) is 4.43. The number of carbonyl (C=O) groups excluding carboxylic acids is 2. The van der Waals surface area contributed by atoms with E-state index in [4.69, 9.17) is 10.5 Å². The Balaban J connectivity index is 1.97. The monoisotopic (exact) mass is 281 g/mol. The number of nitrogens with zero attached hydrogens (tertiary/aromatic N) is 1. The molecule has 1 fully saturated rings. The zero-order valence-electron chi connectivity index (χ0n) is 10.8. The second kappa shape index (κ2) is 6.33. The van der Waals surface area contributed by atoms with Crippen molar-refractivity contribution in [3.63, 3.8) is 0 Å². The Bertz CT molecular complexity index is 509. The summed E-state index contributed by atoms with van der Waals surface area (Å²) in [6, 6.07) is 5.13. The number of primary amides is 1. The molecule has 0 radical (unpaired) electrons. The van der Waals surface area contributed by atoms with Crippen LogP contribution in [0, 0.1) is 5.82 Å². The van der Waals surface area contributed by atoms with Gasteiger partial charge in [-0.3, -0.25) is 9.59 Å². The van der Waals surface area contributed by atoms with Gasteiger partial charge in [0, 0.05) is 19.6 Å². The molecule has 1 aromatic carbocycles. The van der Waals surface area contributed by atoms with Crippen LogP contribution in [-0.2, 0) is 9.59 Å². The molecule has 1 saturated heterocycles. The van der Waals surface area contributed by atoms with Gasteiger partial charge in [-0.25, -0.2) is 4.39 Å². The van der Waals surface area contributed by atoms with Crippen molar-refractivity contribution in [3.8, 4) is 5.75 Å². The van der Waals surface area contributed by atoms with Crippen molar-refractivity contribution in [2.45, 2.75) is 6.04 Å². The summed E-state index contributed by atoms with van der Waals surface area (Å²) in [4.78, 5) is 24.7. The van der Waals surface area contributed by atoms with E-state index >= 15 is 0 Å². The first-order valence-electron chi connectivity index (χ1n) is 6.26. The van der Waals surface area contributed by atoms with Crippen molar-refractivity contribution >= 4 is 11.8 Å². The Morgan fingerprint density at radius 2 is 2.20 bits per heavy atom. The molecule has 2 amide bonds. The van der Waals surface area contributed by atoms with Gasteiger partial charge in [-0.1, -0.05) is 12.1 Å². The third-order valence-corrected chi connectivity index (χ3v) is 3.08. The molecule has 1 aliphatic rings. The van der Waals surface area contributed by atoms with E-state index in [0.29, 0.717) is 19.6 Å². The molecular formula is C13H16FN3O3. The zero-order chi connectivity index (χ0) is 14.5. The number of amides is 2. The second-order valence-corrected chi connectivity index (χ2v) is 4.43. The Hall–Kier alpha value is -2.15. The number of benzene rings is 1. The highest BCUT2D eigenvalue weighted by molar-refractivity contribution is 5.87. The topological polar surface area (TPSA) is 84.7 Å². The number of para-hydroxylation sites is 1. The number of hydrogen-bond donors (Lipinski definition) is 2. The van der Waals surface area contributed by atoms with Crippen molar-refractivity contribution < 1.29 is 18.7 Å². The predicted octanol–water partition coefficient (Wildman–Crippen LogP) is -0.510. The van der Waals surface area contributed by atoms with Crippen molar-refractivity contribution in [2.24, 2.45) is 5.73 Å². The minimum atomic E-state index is -0.694. The van der Waals surface area contributed by atoms with Gasteiger partial charge < -0.3 is 20.7 Å². The van der Waals surface area contributed by atoms with Crippen LogP contribution in [0.1, 0.15) is 0 Å². The summed E-state index contributed by atoms with van der Waals surface area (Å²) in [5, 5.41) is 2.99. The van der Waals surface area contributed by atoms with Crippen LogP contribution in [0.25, 0.3) is 0 Å². The zero-order valence-corrected chi connectivity index (χ0v) is 10.8. The predicted molar refractivity (Wildman–Crippen MR) is 69.5 cm³/mol. The van der Waals surface area contributed by atoms with E-state index < -0.39 is 23.7 Å². The molecule has 108 valence electrons. The number of piperazine rings is 1. The molecule has 2 rings (SSSR count). The average molecular weight is 281 g/mol. The maximum atomic E-state index is 13.4. The van der Waals surface area contributed by atoms with Crippen molar-refractivity contribution in [2.75, 3.05) is 26.2 Å². The lowest BCUT2D eigenvalue weighted by atomic mass is 10.2. The first kappa shape index (κ1) is 14.3. The van der Waals surface area contributed by atoms with Crippen LogP contribution >= 0.6 is 0 Å². The fourth-order valence-corrected chi connectivity index (χ4v) is 2.04. The van der Waals surface area contributed by atoms with Gasteiger partial charge in [-0.2, -0.15) is 0 Å². The largest absolute Gasteiger partial charge is 0.481 e. The SMILES string of the molecule is NC(=O)[C@@H]1CNCCN1C(=O)COc1ccccc1F. The Labute approximate surface area is 115 Å². The standard InChI is InChI=1S/C13H16FN3O3/c14-9-3-1-2-4-11(9)20-8-12(18)17-6-5-16-7-10(17)13(15)19/h1-4,10,16H,5-8H2,(H2,15,19)/t10-/m0/s1. The molecule has 0 aromatic heterocycles. The minimum Gasteiger partial charge on any atom is -0.481 e. The van der Waals surface area contributed by atoms with E-state index in [1.54, 1.807) is 6.07 Å². The lowest BCUT2D eigenvalue weighted by Gasteiger charge is -2.34. The van der Waals surface area contributed by atoms with Gasteiger partial charge in [0.05, 0.1) is 0 Å². The number of nitrogens with one attached hydrogen (secondary N) is 1. The quantitative estimate of drug-likeness (QED) is 0.778. The highest BCUT2D eigenvalue weighted by Gasteiger charge is 2.30. The molecule has 7 heteroatoms. The molecule has 20 heavy (non-hydrogen) atoms. The van der Waals surface area contributed by atoms with Crippen molar-refractivity contribution in [1.82, 2.24) is 10.2 Å². The summed E-state index contributed by atoms with van der Waals surface area (Å²) in [6.45, 7) is 0.938. The van der Waals surface area contributed by atoms with Crippen LogP contribution in [0.15, 0.2) is 24.3 Å². The Morgan fingerprint density at radius 3 is 2.90 bits per heavy atom. The average Bonchev–Trinajstić information content (AvgIpc) is 2.46. The molecule has 1 aliphatic heterocycles. The molecule has 0 aliphatic carbocycles. The van der Waals surface area contributed by atoms with Crippen molar-refractivity contribution in [1.29, 1.82) is 0 Å². The summed E-state index contributed by atoms with van der Waals surface area (Å²) < 4.78 is 18.5. The summed E-state index contributed by atoms with van der Waals surface area (Å²) in [5.41, 5.74) is 5.25. The lowest BCUT2D eigenvalue weighted by Crippen LogP contribution is -2.59. The molecule has 3 N–H and O–H groups in total. The van der Waals surface area contributed by atoms with E-state index in [9.17, 15) is 14.0 Å². The molecule has 0 saturated carbocycles. The number of nitrogens with two attached hydrogens (primary N) is 1. The van der Waals surface area contributed by atoms with E-state index in [1.807, 2.05) is 0 Å². The van der Waals surface area contributed by atoms with Crippen LogP contribution < -0.4 is 15.8 Å². The molecule has 6 nitrogen and oxygen atoms in total. The number of halogens is 1. The fourth-order valence-electron chi connectivity index (χ4n) is 2.04. The summed E-state index contributed by atoms with van der Waals surface area (Å²) in [6.07, 6.45) is 0. The van der Waals surface area contributed by atoms with Gasteiger partial charge >= 0.3 is 0 Å². The smallest absolute Gasteiger partial charge is 0.261 e. The molecular weight excluding hydrogens is 265 g/mol. The molecule has 0 spiro atoms. The summed E-state index contributed by atoms with van der Waals surface area (Å²) in [5.74, 6) is -1.49. The highest BCUT2D eigenvalue weighted by Crippen LogP contribution is 2.15. The normalized spacial score (nSPS) is 18.6. The Kier molecular flexibility index (Phi) is 4.52. The molecule has 1 heterocycles. The summed E-state index contributed by atoms with van der Waals surface area (Å²) >= 11 is 0. The number of rotatable bonds is 4. The van der Waals surface area contributed by atoms with Gasteiger partial charge in [0.2, 0.25) is 5.91 Å². The van der Waals surface area contributed by atoms with Crippen LogP contribution in [-0.4, -0.2) is 49.0 Å². The van der Waals surface area contributed by atoms with Crippen molar-refractivity contribution in [3.05, 3.63) is 30.1 Å². The number of carbonyl (C=O) groups is 2.